The van der Waals surface area contributed by atoms with Gasteiger partial charge in [0.25, 0.3) is 0 Å². The molecule has 1 aromatic rings. The van der Waals surface area contributed by atoms with Gasteiger partial charge in [-0.15, -0.1) is 5.10 Å². The molecule has 1 aromatic heterocycles. The summed E-state index contributed by atoms with van der Waals surface area (Å²) in [5.41, 5.74) is -0.551. The first kappa shape index (κ1) is 15.6. The van der Waals surface area contributed by atoms with Crippen molar-refractivity contribution in [2.24, 2.45) is 5.92 Å². The normalized spacial score (nSPS) is 16.0. The van der Waals surface area contributed by atoms with Gasteiger partial charge in [0.2, 0.25) is 0 Å². The van der Waals surface area contributed by atoms with E-state index in [-0.39, 0.29) is 12.3 Å². The van der Waals surface area contributed by atoms with Crippen LogP contribution < -0.4 is 0 Å². The zero-order valence-electron chi connectivity index (χ0n) is 12.0. The van der Waals surface area contributed by atoms with Crippen LogP contribution in [-0.2, 0) is 21.7 Å². The lowest BCUT2D eigenvalue weighted by Gasteiger charge is -2.26. The first-order valence-electron chi connectivity index (χ1n) is 6.50. The molecule has 2 atom stereocenters. The highest BCUT2D eigenvalue weighted by molar-refractivity contribution is 5.66. The molecule has 0 amide bonds. The molecule has 7 nitrogen and oxygen atoms in total. The number of rotatable bonds is 8. The van der Waals surface area contributed by atoms with Gasteiger partial charge in [-0.25, -0.2) is 4.68 Å². The number of nitrogens with zero attached hydrogens (tertiary/aromatic N) is 4. The maximum absolute atomic E-state index is 10.8. The second-order valence-electron chi connectivity index (χ2n) is 4.85. The summed E-state index contributed by atoms with van der Waals surface area (Å²) in [7, 11) is 1.62. The highest BCUT2D eigenvalue weighted by Crippen LogP contribution is 2.26. The molecule has 19 heavy (non-hydrogen) atoms. The monoisotopic (exact) mass is 270 g/mol. The number of carboxylic acid groups (broad SMARTS) is 1. The Kier molecular flexibility index (Phi) is 5.41. The molecule has 0 fully saturated rings. The summed E-state index contributed by atoms with van der Waals surface area (Å²) in [4.78, 5) is 10.8. The Hall–Kier alpha value is -1.50. The van der Waals surface area contributed by atoms with Crippen molar-refractivity contribution in [1.29, 1.82) is 0 Å². The van der Waals surface area contributed by atoms with Crippen molar-refractivity contribution in [3.05, 3.63) is 5.82 Å². The first-order valence-corrected chi connectivity index (χ1v) is 6.50. The van der Waals surface area contributed by atoms with Crippen LogP contribution in [0.15, 0.2) is 0 Å². The first-order chi connectivity index (χ1) is 8.96. The number of carboxylic acids is 1. The molecule has 0 aliphatic heterocycles. The molecule has 1 N–H and O–H groups in total. The second-order valence-corrected chi connectivity index (χ2v) is 4.85. The van der Waals surface area contributed by atoms with Crippen LogP contribution in [0, 0.1) is 5.92 Å². The second kappa shape index (κ2) is 6.60. The minimum atomic E-state index is -0.800. The van der Waals surface area contributed by atoms with Crippen molar-refractivity contribution >= 4 is 5.97 Å². The van der Waals surface area contributed by atoms with Crippen molar-refractivity contribution in [2.75, 3.05) is 7.11 Å². The maximum atomic E-state index is 10.8. The summed E-state index contributed by atoms with van der Waals surface area (Å²) in [6, 6.07) is 0. The average molecular weight is 270 g/mol. The van der Waals surface area contributed by atoms with Gasteiger partial charge < -0.3 is 9.84 Å². The highest BCUT2D eigenvalue weighted by atomic mass is 16.5. The minimum Gasteiger partial charge on any atom is -0.481 e. The van der Waals surface area contributed by atoms with E-state index in [4.69, 9.17) is 9.84 Å². The summed E-state index contributed by atoms with van der Waals surface area (Å²) >= 11 is 0. The fourth-order valence-electron chi connectivity index (χ4n) is 1.93. The standard InChI is InChI=1S/C12H22N4O3/c1-5-9(7-10(17)18)8-16-11(13-14-15-16)12(3,6-2)19-4/h9H,5-8H2,1-4H3,(H,17,18). The highest BCUT2D eigenvalue weighted by Gasteiger charge is 2.31. The number of hydrogen-bond acceptors (Lipinski definition) is 5. The Balaban J connectivity index is 2.91. The quantitative estimate of drug-likeness (QED) is 0.768. The van der Waals surface area contributed by atoms with Crippen LogP contribution in [0.3, 0.4) is 0 Å². The lowest BCUT2D eigenvalue weighted by molar-refractivity contribution is -0.138. The third kappa shape index (κ3) is 3.73. The summed E-state index contributed by atoms with van der Waals surface area (Å²) in [6.07, 6.45) is 1.62. The van der Waals surface area contributed by atoms with Crippen molar-refractivity contribution < 1.29 is 14.6 Å². The van der Waals surface area contributed by atoms with E-state index in [1.54, 1.807) is 11.8 Å². The van der Waals surface area contributed by atoms with Crippen LogP contribution in [0.1, 0.15) is 45.9 Å². The van der Waals surface area contributed by atoms with Gasteiger partial charge >= 0.3 is 5.97 Å². The predicted octanol–water partition coefficient (Wildman–Crippen LogP) is 1.45. The van der Waals surface area contributed by atoms with Gasteiger partial charge in [-0.1, -0.05) is 20.3 Å². The third-order valence-corrected chi connectivity index (χ3v) is 3.60. The Bertz CT molecular complexity index is 415. The molecule has 0 spiro atoms. The molecule has 0 aliphatic rings. The van der Waals surface area contributed by atoms with Gasteiger partial charge in [0.05, 0.1) is 0 Å². The predicted molar refractivity (Wildman–Crippen MR) is 68.5 cm³/mol. The third-order valence-electron chi connectivity index (χ3n) is 3.60. The number of ether oxygens (including phenoxy) is 1. The van der Waals surface area contributed by atoms with Crippen molar-refractivity contribution in [1.82, 2.24) is 20.2 Å². The van der Waals surface area contributed by atoms with E-state index in [1.807, 2.05) is 20.8 Å². The van der Waals surface area contributed by atoms with E-state index in [1.165, 1.54) is 0 Å². The average Bonchev–Trinajstić information content (AvgIpc) is 2.85. The molecule has 0 bridgehead atoms. The van der Waals surface area contributed by atoms with Crippen LogP contribution in [0.5, 0.6) is 0 Å². The number of methoxy groups -OCH3 is 1. The molecule has 1 heterocycles. The topological polar surface area (TPSA) is 90.1 Å². The lowest BCUT2D eigenvalue weighted by Crippen LogP contribution is -2.30. The molecule has 0 radical (unpaired) electrons. The van der Waals surface area contributed by atoms with Gasteiger partial charge in [-0.2, -0.15) is 0 Å². The fourth-order valence-corrected chi connectivity index (χ4v) is 1.93. The Labute approximate surface area is 112 Å². The zero-order valence-corrected chi connectivity index (χ0v) is 12.0. The molecule has 2 unspecified atom stereocenters. The molecule has 0 saturated heterocycles. The Morgan fingerprint density at radius 2 is 2.21 bits per heavy atom. The van der Waals surface area contributed by atoms with E-state index >= 15 is 0 Å². The largest absolute Gasteiger partial charge is 0.481 e. The molecule has 7 heteroatoms. The van der Waals surface area contributed by atoms with Crippen molar-refractivity contribution in [2.45, 2.75) is 52.2 Å². The molecular formula is C12H22N4O3. The van der Waals surface area contributed by atoms with Gasteiger partial charge in [0, 0.05) is 20.1 Å². The van der Waals surface area contributed by atoms with Gasteiger partial charge in [0.15, 0.2) is 5.82 Å². The van der Waals surface area contributed by atoms with Crippen molar-refractivity contribution in [3.63, 3.8) is 0 Å². The minimum absolute atomic E-state index is 0.0118. The molecule has 0 aromatic carbocycles. The van der Waals surface area contributed by atoms with Crippen LogP contribution in [-0.4, -0.2) is 38.4 Å². The molecule has 0 saturated carbocycles. The molecule has 1 rings (SSSR count). The van der Waals surface area contributed by atoms with E-state index in [9.17, 15) is 4.79 Å². The number of hydrogen-bond donors (Lipinski definition) is 1. The smallest absolute Gasteiger partial charge is 0.303 e. The van der Waals surface area contributed by atoms with E-state index < -0.39 is 11.6 Å². The van der Waals surface area contributed by atoms with Gasteiger partial charge in [-0.3, -0.25) is 4.79 Å². The van der Waals surface area contributed by atoms with Crippen molar-refractivity contribution in [3.8, 4) is 0 Å². The summed E-state index contributed by atoms with van der Waals surface area (Å²) in [5.74, 6) is -0.148. The van der Waals surface area contributed by atoms with E-state index in [2.05, 4.69) is 15.5 Å². The summed E-state index contributed by atoms with van der Waals surface area (Å²) < 4.78 is 7.15. The van der Waals surface area contributed by atoms with Gasteiger partial charge in [0.1, 0.15) is 5.60 Å². The number of aliphatic carboxylic acids is 1. The summed E-state index contributed by atoms with van der Waals surface area (Å²) in [6.45, 7) is 6.38. The van der Waals surface area contributed by atoms with Crippen LogP contribution in [0.2, 0.25) is 0 Å². The fraction of sp³-hybridized carbons (Fsp3) is 0.833. The SMILES string of the molecule is CCC(CC(=O)O)Cn1nnnc1C(C)(CC)OC. The molecule has 0 aliphatic carbocycles. The van der Waals surface area contributed by atoms with Crippen LogP contribution >= 0.6 is 0 Å². The number of tetrazole rings is 1. The van der Waals surface area contributed by atoms with E-state index in [0.29, 0.717) is 12.4 Å². The van der Waals surface area contributed by atoms with Gasteiger partial charge in [-0.05, 0) is 29.7 Å². The maximum Gasteiger partial charge on any atom is 0.303 e. The number of carbonyl (C=O) groups is 1. The lowest BCUT2D eigenvalue weighted by atomic mass is 10.00. The molecule has 108 valence electrons. The summed E-state index contributed by atoms with van der Waals surface area (Å²) in [5, 5.41) is 20.5. The Morgan fingerprint density at radius 1 is 1.53 bits per heavy atom. The molecular weight excluding hydrogens is 248 g/mol. The van der Waals surface area contributed by atoms with Crippen LogP contribution in [0.4, 0.5) is 0 Å². The number of aromatic nitrogens is 4. The Morgan fingerprint density at radius 3 is 2.68 bits per heavy atom. The van der Waals surface area contributed by atoms with Crippen LogP contribution in [0.25, 0.3) is 0 Å². The zero-order chi connectivity index (χ0) is 14.5. The van der Waals surface area contributed by atoms with E-state index in [0.717, 1.165) is 12.8 Å².